The molecule has 0 aliphatic heterocycles. The fraction of sp³-hybridized carbons (Fsp3) is 0.567. The summed E-state index contributed by atoms with van der Waals surface area (Å²) in [6.45, 7) is 4.40. The van der Waals surface area contributed by atoms with E-state index in [0.717, 1.165) is 5.57 Å². The maximum absolute atomic E-state index is 14.1. The molecule has 0 radical (unpaired) electrons. The standard InChI is InChI=1S/C30H34Cl2O9S/c1-4-39-26(36)41-29(25(35)17-40-42(37,38)21-8-6-19(31)7-9-21)14-12-22-23-10-5-18-15-20(33)11-13-27(18,2)30(23,32)24(34)16-28(22,29)3/h6-9,11,13,15,22-24,34H,4-5,10,12,14,16-17H2,1-3H3/t22-,23-,24?,27-,28-,29-,30-/m0/s1. The number of hydrogen-bond donors (Lipinski definition) is 1. The van der Waals surface area contributed by atoms with Gasteiger partial charge >= 0.3 is 6.16 Å². The highest BCUT2D eigenvalue weighted by molar-refractivity contribution is 7.86. The van der Waals surface area contributed by atoms with Crippen LogP contribution in [0.3, 0.4) is 0 Å². The minimum atomic E-state index is -4.34. The van der Waals surface area contributed by atoms with E-state index < -0.39 is 56.1 Å². The maximum Gasteiger partial charge on any atom is 0.509 e. The van der Waals surface area contributed by atoms with Crippen molar-refractivity contribution < 1.29 is 41.6 Å². The van der Waals surface area contributed by atoms with Gasteiger partial charge in [0.1, 0.15) is 6.61 Å². The fourth-order valence-electron chi connectivity index (χ4n) is 8.09. The molecule has 4 aliphatic carbocycles. The Morgan fingerprint density at radius 3 is 2.48 bits per heavy atom. The van der Waals surface area contributed by atoms with E-state index in [2.05, 4.69) is 0 Å². The Labute approximate surface area is 255 Å². The van der Waals surface area contributed by atoms with Crippen LogP contribution in [0, 0.1) is 22.7 Å². The predicted molar refractivity (Wildman–Crippen MR) is 154 cm³/mol. The van der Waals surface area contributed by atoms with Crippen LogP contribution in [0.15, 0.2) is 53.0 Å². The number of halogens is 2. The van der Waals surface area contributed by atoms with Gasteiger partial charge in [0.05, 0.1) is 22.5 Å². The van der Waals surface area contributed by atoms with Crippen LogP contribution in [0.5, 0.6) is 0 Å². The van der Waals surface area contributed by atoms with Gasteiger partial charge in [0.2, 0.25) is 5.78 Å². The zero-order valence-electron chi connectivity index (χ0n) is 23.6. The summed E-state index contributed by atoms with van der Waals surface area (Å²) in [5.74, 6) is -1.47. The molecule has 0 heterocycles. The second-order valence-electron chi connectivity index (χ2n) is 12.0. The quantitative estimate of drug-likeness (QED) is 0.243. The monoisotopic (exact) mass is 640 g/mol. The predicted octanol–water partition coefficient (Wildman–Crippen LogP) is 5.17. The molecule has 228 valence electrons. The lowest BCUT2D eigenvalue weighted by Crippen LogP contribution is -2.69. The Hall–Kier alpha value is -2.24. The molecule has 3 fully saturated rings. The Bertz CT molecular complexity index is 1470. The molecular formula is C30H34Cl2O9S. The number of allylic oxidation sites excluding steroid dienone is 4. The normalized spacial score (nSPS) is 37.2. The number of fused-ring (bicyclic) bond motifs is 5. The number of ketones is 2. The molecule has 1 N–H and O–H groups in total. The largest absolute Gasteiger partial charge is 0.509 e. The summed E-state index contributed by atoms with van der Waals surface area (Å²) in [6.07, 6.45) is 4.21. The van der Waals surface area contributed by atoms with Gasteiger partial charge < -0.3 is 14.6 Å². The van der Waals surface area contributed by atoms with Crippen molar-refractivity contribution in [1.82, 2.24) is 0 Å². The molecule has 0 saturated heterocycles. The molecule has 0 amide bonds. The number of carbonyl (C=O) groups excluding carboxylic acids is 3. The number of rotatable bonds is 7. The molecule has 42 heavy (non-hydrogen) atoms. The zero-order valence-corrected chi connectivity index (χ0v) is 25.9. The SMILES string of the molecule is CCOC(=O)O[C@]1(C(=O)COS(=O)(=O)c2ccc(Cl)cc2)CC[C@H]2[C@@H]3CCC4=CC(=O)C=C[C@]4(C)[C@@]3(Cl)C(O)C[C@@]21C. The van der Waals surface area contributed by atoms with Crippen LogP contribution < -0.4 is 0 Å². The van der Waals surface area contributed by atoms with Gasteiger partial charge in [0.25, 0.3) is 10.1 Å². The van der Waals surface area contributed by atoms with Crippen molar-refractivity contribution >= 4 is 51.0 Å². The van der Waals surface area contributed by atoms with Gasteiger partial charge in [-0.15, -0.1) is 11.6 Å². The van der Waals surface area contributed by atoms with Crippen molar-refractivity contribution in [2.24, 2.45) is 22.7 Å². The first-order chi connectivity index (χ1) is 19.6. The number of aliphatic hydroxyl groups is 1. The van der Waals surface area contributed by atoms with Crippen molar-refractivity contribution in [2.45, 2.75) is 74.3 Å². The second kappa shape index (κ2) is 10.7. The van der Waals surface area contributed by atoms with Crippen molar-refractivity contribution in [3.05, 3.63) is 53.1 Å². The van der Waals surface area contributed by atoms with Crippen LogP contribution >= 0.6 is 23.2 Å². The molecule has 4 aliphatic rings. The average Bonchev–Trinajstić information content (AvgIpc) is 3.21. The van der Waals surface area contributed by atoms with E-state index in [4.69, 9.17) is 36.9 Å². The summed E-state index contributed by atoms with van der Waals surface area (Å²) in [7, 11) is -4.34. The second-order valence-corrected chi connectivity index (χ2v) is 14.7. The van der Waals surface area contributed by atoms with E-state index in [1.54, 1.807) is 26.0 Å². The number of Topliss-reactive ketones (excluding diaryl/α,β-unsaturated/α-hetero) is 1. The summed E-state index contributed by atoms with van der Waals surface area (Å²) in [6, 6.07) is 5.30. The number of alkyl halides is 1. The first-order valence-electron chi connectivity index (χ1n) is 14.0. The lowest BCUT2D eigenvalue weighted by atomic mass is 9.45. The Morgan fingerprint density at radius 2 is 1.81 bits per heavy atom. The van der Waals surface area contributed by atoms with Crippen LogP contribution in [0.4, 0.5) is 4.79 Å². The third kappa shape index (κ3) is 4.56. The number of hydrogen-bond acceptors (Lipinski definition) is 9. The average molecular weight is 642 g/mol. The summed E-state index contributed by atoms with van der Waals surface area (Å²) in [5.41, 5.74) is -2.92. The Balaban J connectivity index is 1.50. The van der Waals surface area contributed by atoms with E-state index in [1.165, 1.54) is 30.3 Å². The topological polar surface area (TPSA) is 133 Å². The number of aliphatic hydroxyl groups excluding tert-OH is 1. The molecule has 1 unspecified atom stereocenters. The van der Waals surface area contributed by atoms with E-state index in [-0.39, 0.29) is 42.0 Å². The first kappa shape index (κ1) is 31.2. The smallest absolute Gasteiger partial charge is 0.435 e. The van der Waals surface area contributed by atoms with Gasteiger partial charge in [-0.25, -0.2) is 4.79 Å². The van der Waals surface area contributed by atoms with Crippen molar-refractivity contribution in [1.29, 1.82) is 0 Å². The summed E-state index contributed by atoms with van der Waals surface area (Å²) in [4.78, 5) is 37.6. The van der Waals surface area contributed by atoms with Crippen molar-refractivity contribution in [2.75, 3.05) is 13.2 Å². The highest BCUT2D eigenvalue weighted by atomic mass is 35.5. The van der Waals surface area contributed by atoms with E-state index in [0.29, 0.717) is 24.3 Å². The first-order valence-corrected chi connectivity index (χ1v) is 16.2. The number of benzene rings is 1. The zero-order chi connectivity index (χ0) is 30.7. The van der Waals surface area contributed by atoms with Gasteiger partial charge in [-0.05, 0) is 87.3 Å². The molecular weight excluding hydrogens is 607 g/mol. The molecule has 0 aromatic heterocycles. The van der Waals surface area contributed by atoms with E-state index in [9.17, 15) is 27.9 Å². The molecule has 9 nitrogen and oxygen atoms in total. The van der Waals surface area contributed by atoms with E-state index >= 15 is 0 Å². The number of carbonyl (C=O) groups is 3. The van der Waals surface area contributed by atoms with Crippen LogP contribution in [-0.4, -0.2) is 61.0 Å². The fourth-order valence-corrected chi connectivity index (χ4v) is 9.60. The third-order valence-electron chi connectivity index (χ3n) is 10.2. The Morgan fingerprint density at radius 1 is 1.12 bits per heavy atom. The van der Waals surface area contributed by atoms with Crippen LogP contribution in [-0.2, 0) is 33.4 Å². The molecule has 0 bridgehead atoms. The van der Waals surface area contributed by atoms with Crippen molar-refractivity contribution in [3.63, 3.8) is 0 Å². The molecule has 5 rings (SSSR count). The van der Waals surface area contributed by atoms with Crippen LogP contribution in [0.1, 0.15) is 52.9 Å². The molecule has 1 aromatic rings. The van der Waals surface area contributed by atoms with Crippen LogP contribution in [0.2, 0.25) is 5.02 Å². The van der Waals surface area contributed by atoms with Crippen LogP contribution in [0.25, 0.3) is 0 Å². The van der Waals surface area contributed by atoms with Gasteiger partial charge in [-0.1, -0.05) is 37.1 Å². The van der Waals surface area contributed by atoms with Gasteiger partial charge in [0.15, 0.2) is 11.4 Å². The molecule has 3 saturated carbocycles. The summed E-state index contributed by atoms with van der Waals surface area (Å²) < 4.78 is 41.9. The van der Waals surface area contributed by atoms with Crippen molar-refractivity contribution in [3.8, 4) is 0 Å². The lowest BCUT2D eigenvalue weighted by Gasteiger charge is -2.64. The summed E-state index contributed by atoms with van der Waals surface area (Å²) >= 11 is 13.3. The lowest BCUT2D eigenvalue weighted by molar-refractivity contribution is -0.178. The molecule has 1 aromatic carbocycles. The number of ether oxygens (including phenoxy) is 2. The minimum absolute atomic E-state index is 0.000739. The third-order valence-corrected chi connectivity index (χ3v) is 12.6. The van der Waals surface area contributed by atoms with Gasteiger partial charge in [-0.2, -0.15) is 8.42 Å². The molecule has 12 heteroatoms. The minimum Gasteiger partial charge on any atom is -0.435 e. The van der Waals surface area contributed by atoms with Gasteiger partial charge in [-0.3, -0.25) is 13.8 Å². The highest BCUT2D eigenvalue weighted by Crippen LogP contribution is 2.71. The van der Waals surface area contributed by atoms with Gasteiger partial charge in [0, 0.05) is 15.9 Å². The Kier molecular flexibility index (Phi) is 7.97. The molecule has 7 atom stereocenters. The molecule has 0 spiro atoms. The summed E-state index contributed by atoms with van der Waals surface area (Å²) in [5, 5.41) is 12.2. The maximum atomic E-state index is 14.1. The van der Waals surface area contributed by atoms with E-state index in [1.807, 2.05) is 6.92 Å². The highest BCUT2D eigenvalue weighted by Gasteiger charge is 2.74.